The summed E-state index contributed by atoms with van der Waals surface area (Å²) in [7, 11) is 0. The highest BCUT2D eigenvalue weighted by molar-refractivity contribution is 9.10. The van der Waals surface area contributed by atoms with E-state index in [0.29, 0.717) is 43.0 Å². The zero-order valence-corrected chi connectivity index (χ0v) is 22.1. The Kier molecular flexibility index (Phi) is 7.51. The number of ether oxygens (including phenoxy) is 2. The molecule has 0 radical (unpaired) electrons. The number of nitrogens with zero attached hydrogens (tertiary/aromatic N) is 3. The van der Waals surface area contributed by atoms with Crippen LogP contribution in [0.15, 0.2) is 68.0 Å². The summed E-state index contributed by atoms with van der Waals surface area (Å²) in [5, 5.41) is 11.3. The molecule has 1 atom stereocenters. The van der Waals surface area contributed by atoms with Crippen LogP contribution < -0.4 is 19.6 Å². The van der Waals surface area contributed by atoms with E-state index in [1.54, 1.807) is 44.2 Å². The average Bonchev–Trinajstić information content (AvgIpc) is 3.14. The van der Waals surface area contributed by atoms with Crippen LogP contribution >= 0.6 is 27.3 Å². The quantitative estimate of drug-likeness (QED) is 0.241. The fourth-order valence-electron chi connectivity index (χ4n) is 3.93. The summed E-state index contributed by atoms with van der Waals surface area (Å²) in [6.45, 7) is 6.00. The lowest BCUT2D eigenvalue weighted by atomic mass is 9.96. The molecule has 0 fully saturated rings. The Labute approximate surface area is 218 Å². The molecule has 2 aromatic carbocycles. The Bertz CT molecular complexity index is 1560. The van der Waals surface area contributed by atoms with Crippen LogP contribution in [-0.4, -0.2) is 28.7 Å². The van der Waals surface area contributed by atoms with Crippen molar-refractivity contribution < 1.29 is 19.2 Å². The average molecular weight is 572 g/mol. The normalized spacial score (nSPS) is 15.3. The third-order valence-electron chi connectivity index (χ3n) is 5.49. The van der Waals surface area contributed by atoms with E-state index < -0.39 is 16.9 Å². The molecule has 0 amide bonds. The molecule has 9 nitrogen and oxygen atoms in total. The summed E-state index contributed by atoms with van der Waals surface area (Å²) in [4.78, 5) is 42.4. The Balaban J connectivity index is 1.91. The van der Waals surface area contributed by atoms with Gasteiger partial charge in [-0.05, 0) is 72.1 Å². The van der Waals surface area contributed by atoms with Crippen molar-refractivity contribution in [2.45, 2.75) is 26.8 Å². The molecule has 0 bridgehead atoms. The Hall–Kier alpha value is -3.57. The van der Waals surface area contributed by atoms with Gasteiger partial charge in [-0.15, -0.1) is 0 Å². The number of hydrogen-bond acceptors (Lipinski definition) is 8. The van der Waals surface area contributed by atoms with Gasteiger partial charge >= 0.3 is 5.97 Å². The fourth-order valence-corrected chi connectivity index (χ4v) is 5.37. The van der Waals surface area contributed by atoms with Gasteiger partial charge in [-0.1, -0.05) is 29.5 Å². The lowest BCUT2D eigenvalue weighted by molar-refractivity contribution is -0.385. The molecule has 0 saturated carbocycles. The Morgan fingerprint density at radius 1 is 1.22 bits per heavy atom. The van der Waals surface area contributed by atoms with Gasteiger partial charge < -0.3 is 9.47 Å². The van der Waals surface area contributed by atoms with Gasteiger partial charge in [0.25, 0.3) is 11.2 Å². The summed E-state index contributed by atoms with van der Waals surface area (Å²) in [5.41, 5.74) is 1.46. The fraction of sp³-hybridized carbons (Fsp3) is 0.240. The molecule has 0 saturated heterocycles. The number of allylic oxidation sites excluding steroid dienone is 1. The molecule has 11 heteroatoms. The molecule has 2 heterocycles. The molecule has 0 N–H and O–H groups in total. The topological polar surface area (TPSA) is 113 Å². The van der Waals surface area contributed by atoms with Crippen molar-refractivity contribution in [1.29, 1.82) is 0 Å². The number of nitro groups is 1. The highest BCUT2D eigenvalue weighted by atomic mass is 79.9. The Morgan fingerprint density at radius 3 is 2.58 bits per heavy atom. The zero-order chi connectivity index (χ0) is 26.0. The molecule has 1 aliphatic rings. The molecule has 1 aromatic heterocycles. The van der Waals surface area contributed by atoms with Crippen LogP contribution in [0.3, 0.4) is 0 Å². The first-order valence-corrected chi connectivity index (χ1v) is 12.7. The largest absolute Gasteiger partial charge is 0.494 e. The van der Waals surface area contributed by atoms with Gasteiger partial charge in [0.2, 0.25) is 0 Å². The van der Waals surface area contributed by atoms with Crippen molar-refractivity contribution in [3.63, 3.8) is 0 Å². The number of esters is 1. The number of carbonyl (C=O) groups is 1. The van der Waals surface area contributed by atoms with E-state index in [9.17, 15) is 19.7 Å². The summed E-state index contributed by atoms with van der Waals surface area (Å²) in [6.07, 6.45) is 1.59. The molecule has 4 rings (SSSR count). The van der Waals surface area contributed by atoms with Gasteiger partial charge in [0.1, 0.15) is 5.75 Å². The highest BCUT2D eigenvalue weighted by Crippen LogP contribution is 2.32. The summed E-state index contributed by atoms with van der Waals surface area (Å²) >= 11 is 4.32. The van der Waals surface area contributed by atoms with Crippen LogP contribution in [0.5, 0.6) is 5.75 Å². The lowest BCUT2D eigenvalue weighted by Crippen LogP contribution is -2.39. The van der Waals surface area contributed by atoms with Crippen molar-refractivity contribution in [2.75, 3.05) is 13.2 Å². The van der Waals surface area contributed by atoms with E-state index in [1.807, 2.05) is 19.1 Å². The number of nitro benzene ring substituents is 1. The summed E-state index contributed by atoms with van der Waals surface area (Å²) < 4.78 is 13.0. The number of carbonyl (C=O) groups excluding carboxylic acids is 1. The number of benzene rings is 2. The van der Waals surface area contributed by atoms with Crippen LogP contribution in [0.25, 0.3) is 6.08 Å². The molecular formula is C25H22BrN3O6S. The van der Waals surface area contributed by atoms with Crippen molar-refractivity contribution in [2.24, 2.45) is 4.99 Å². The van der Waals surface area contributed by atoms with E-state index in [-0.39, 0.29) is 23.4 Å². The molecule has 0 aliphatic carbocycles. The van der Waals surface area contributed by atoms with E-state index >= 15 is 0 Å². The molecular weight excluding hydrogens is 550 g/mol. The molecule has 0 unspecified atom stereocenters. The first kappa shape index (κ1) is 25.5. The number of thiazole rings is 1. The SMILES string of the molecule is CCOC(=O)C1=C(C)N=c2s/c(=C/c3ccc(Br)c([N+](=O)[O-])c3)c(=O)n2[C@H]1c1ccc(OCC)cc1. The van der Waals surface area contributed by atoms with Crippen LogP contribution in [0, 0.1) is 10.1 Å². The molecule has 1 aliphatic heterocycles. The summed E-state index contributed by atoms with van der Waals surface area (Å²) in [6, 6.07) is 11.1. The van der Waals surface area contributed by atoms with E-state index in [2.05, 4.69) is 20.9 Å². The third kappa shape index (κ3) is 4.89. The van der Waals surface area contributed by atoms with Crippen LogP contribution in [0.4, 0.5) is 5.69 Å². The van der Waals surface area contributed by atoms with Crippen molar-refractivity contribution in [3.05, 3.63) is 99.1 Å². The minimum atomic E-state index is -0.752. The lowest BCUT2D eigenvalue weighted by Gasteiger charge is -2.24. The maximum absolute atomic E-state index is 13.6. The predicted octanol–water partition coefficient (Wildman–Crippen LogP) is 3.87. The number of rotatable bonds is 7. The third-order valence-corrected chi connectivity index (χ3v) is 7.14. The molecule has 36 heavy (non-hydrogen) atoms. The van der Waals surface area contributed by atoms with E-state index in [4.69, 9.17) is 9.47 Å². The number of fused-ring (bicyclic) bond motifs is 1. The maximum Gasteiger partial charge on any atom is 0.338 e. The smallest absolute Gasteiger partial charge is 0.338 e. The first-order valence-electron chi connectivity index (χ1n) is 11.1. The predicted molar refractivity (Wildman–Crippen MR) is 139 cm³/mol. The van der Waals surface area contributed by atoms with E-state index in [1.165, 1.54) is 10.6 Å². The number of hydrogen-bond donors (Lipinski definition) is 0. The molecule has 186 valence electrons. The van der Waals surface area contributed by atoms with Crippen LogP contribution in [0.1, 0.15) is 37.9 Å². The minimum Gasteiger partial charge on any atom is -0.494 e. The standard InChI is InChI=1S/C25H22BrN3O6S/c1-4-34-17-9-7-16(8-10-17)22-21(24(31)35-5-2)14(3)27-25-28(22)23(30)20(36-25)13-15-6-11-18(26)19(12-15)29(32)33/h6-13,22H,4-5H2,1-3H3/b20-13+/t22-/m0/s1. The van der Waals surface area contributed by atoms with Gasteiger partial charge in [-0.2, -0.15) is 0 Å². The van der Waals surface area contributed by atoms with Gasteiger partial charge in [-0.3, -0.25) is 19.5 Å². The first-order chi connectivity index (χ1) is 17.2. The number of halogens is 1. The monoisotopic (exact) mass is 571 g/mol. The zero-order valence-electron chi connectivity index (χ0n) is 19.7. The molecule has 0 spiro atoms. The number of aromatic nitrogens is 1. The second-order valence-corrected chi connectivity index (χ2v) is 9.64. The van der Waals surface area contributed by atoms with Gasteiger partial charge in [-0.25, -0.2) is 9.79 Å². The van der Waals surface area contributed by atoms with Crippen molar-refractivity contribution in [3.8, 4) is 5.75 Å². The highest BCUT2D eigenvalue weighted by Gasteiger charge is 2.33. The van der Waals surface area contributed by atoms with Crippen LogP contribution in [-0.2, 0) is 9.53 Å². The van der Waals surface area contributed by atoms with Crippen LogP contribution in [0.2, 0.25) is 0 Å². The second-order valence-electron chi connectivity index (χ2n) is 7.77. The van der Waals surface area contributed by atoms with Crippen molar-refractivity contribution >= 4 is 45.0 Å². The van der Waals surface area contributed by atoms with E-state index in [0.717, 1.165) is 11.3 Å². The van der Waals surface area contributed by atoms with Gasteiger partial charge in [0.05, 0.1) is 44.5 Å². The van der Waals surface area contributed by atoms with Gasteiger partial charge in [0, 0.05) is 6.07 Å². The summed E-state index contributed by atoms with van der Waals surface area (Å²) in [5.74, 6) is 0.124. The van der Waals surface area contributed by atoms with Crippen molar-refractivity contribution in [1.82, 2.24) is 4.57 Å². The van der Waals surface area contributed by atoms with Gasteiger partial charge in [0.15, 0.2) is 4.80 Å². The molecule has 3 aromatic rings. The minimum absolute atomic E-state index is 0.107. The second kappa shape index (κ2) is 10.6. The maximum atomic E-state index is 13.6. The Morgan fingerprint density at radius 2 is 1.94 bits per heavy atom.